The Morgan fingerprint density at radius 2 is 1.65 bits per heavy atom. The summed E-state index contributed by atoms with van der Waals surface area (Å²) in [6.45, 7) is 14.0. The Hall–Kier alpha value is -1.10. The van der Waals surface area contributed by atoms with Crippen LogP contribution in [-0.4, -0.2) is 41.3 Å². The molecule has 0 unspecified atom stereocenters. The summed E-state index contributed by atoms with van der Waals surface area (Å²) in [5.74, 6) is 2.04. The second-order valence-corrected chi connectivity index (χ2v) is 6.65. The maximum atomic E-state index is 5.82. The average Bonchev–Trinajstić information content (AvgIpc) is 2.95. The summed E-state index contributed by atoms with van der Waals surface area (Å²) in [6.07, 6.45) is 2.45. The molecule has 20 heavy (non-hydrogen) atoms. The van der Waals surface area contributed by atoms with Gasteiger partial charge in [0.15, 0.2) is 0 Å². The Kier molecular flexibility index (Phi) is 5.40. The van der Waals surface area contributed by atoms with Gasteiger partial charge in [0, 0.05) is 26.2 Å². The maximum absolute atomic E-state index is 5.82. The van der Waals surface area contributed by atoms with E-state index < -0.39 is 0 Å². The van der Waals surface area contributed by atoms with Crippen LogP contribution in [0.15, 0.2) is 4.42 Å². The molecule has 2 heterocycles. The van der Waals surface area contributed by atoms with Crippen molar-refractivity contribution in [3.05, 3.63) is 5.89 Å². The van der Waals surface area contributed by atoms with Crippen molar-refractivity contribution >= 4 is 6.01 Å². The molecule has 0 N–H and O–H groups in total. The third-order valence-corrected chi connectivity index (χ3v) is 3.44. The van der Waals surface area contributed by atoms with Gasteiger partial charge >= 0.3 is 6.01 Å². The Balaban J connectivity index is 1.95. The van der Waals surface area contributed by atoms with Crippen LogP contribution in [0.4, 0.5) is 6.01 Å². The monoisotopic (exact) mass is 280 g/mol. The van der Waals surface area contributed by atoms with Crippen LogP contribution >= 0.6 is 0 Å². The van der Waals surface area contributed by atoms with E-state index in [0.717, 1.165) is 38.6 Å². The number of aromatic nitrogens is 2. The zero-order valence-corrected chi connectivity index (χ0v) is 13.3. The molecule has 1 fully saturated rings. The molecule has 1 aromatic heterocycles. The van der Waals surface area contributed by atoms with E-state index in [2.05, 4.69) is 47.7 Å². The van der Waals surface area contributed by atoms with E-state index in [1.807, 2.05) is 0 Å². The van der Waals surface area contributed by atoms with Crippen molar-refractivity contribution in [1.82, 2.24) is 15.1 Å². The average molecular weight is 280 g/mol. The zero-order chi connectivity index (χ0) is 14.5. The predicted molar refractivity (Wildman–Crippen MR) is 80.7 cm³/mol. The highest BCUT2D eigenvalue weighted by Gasteiger charge is 2.19. The Bertz CT molecular complexity index is 386. The molecule has 0 atom stereocenters. The highest BCUT2D eigenvalue weighted by molar-refractivity contribution is 5.25. The standard InChI is InChI=1S/C15H28N4O/c1-12(2)9-18(10-13(3)4)11-14-16-17-15(20-14)19-7-5-6-8-19/h12-13H,5-11H2,1-4H3. The summed E-state index contributed by atoms with van der Waals surface area (Å²) in [7, 11) is 0. The highest BCUT2D eigenvalue weighted by atomic mass is 16.4. The van der Waals surface area contributed by atoms with Gasteiger partial charge in [0.05, 0.1) is 6.54 Å². The van der Waals surface area contributed by atoms with E-state index in [9.17, 15) is 0 Å². The zero-order valence-electron chi connectivity index (χ0n) is 13.3. The number of rotatable bonds is 7. The van der Waals surface area contributed by atoms with Crippen molar-refractivity contribution in [2.24, 2.45) is 11.8 Å². The first kappa shape index (κ1) is 15.3. The molecule has 1 aromatic rings. The molecular weight excluding hydrogens is 252 g/mol. The van der Waals surface area contributed by atoms with Crippen LogP contribution < -0.4 is 4.90 Å². The fourth-order valence-corrected chi connectivity index (χ4v) is 2.77. The minimum absolute atomic E-state index is 0.648. The fraction of sp³-hybridized carbons (Fsp3) is 0.867. The molecule has 0 amide bonds. The molecule has 0 radical (unpaired) electrons. The fourth-order valence-electron chi connectivity index (χ4n) is 2.77. The molecule has 1 aliphatic heterocycles. The molecular formula is C15H28N4O. The van der Waals surface area contributed by atoms with E-state index in [1.54, 1.807) is 0 Å². The molecule has 0 aromatic carbocycles. The number of hydrogen-bond donors (Lipinski definition) is 0. The van der Waals surface area contributed by atoms with Crippen molar-refractivity contribution in [3.8, 4) is 0 Å². The molecule has 5 nitrogen and oxygen atoms in total. The van der Waals surface area contributed by atoms with Crippen LogP contribution in [-0.2, 0) is 6.54 Å². The van der Waals surface area contributed by atoms with Crippen LogP contribution in [0, 0.1) is 11.8 Å². The third kappa shape index (κ3) is 4.47. The van der Waals surface area contributed by atoms with Gasteiger partial charge in [-0.05, 0) is 24.7 Å². The van der Waals surface area contributed by atoms with Gasteiger partial charge in [-0.3, -0.25) is 4.90 Å². The van der Waals surface area contributed by atoms with Crippen molar-refractivity contribution in [3.63, 3.8) is 0 Å². The molecule has 0 saturated carbocycles. The summed E-state index contributed by atoms with van der Waals surface area (Å²) in [5.41, 5.74) is 0. The summed E-state index contributed by atoms with van der Waals surface area (Å²) < 4.78 is 5.82. The number of hydrogen-bond acceptors (Lipinski definition) is 5. The largest absolute Gasteiger partial charge is 0.407 e. The van der Waals surface area contributed by atoms with Gasteiger partial charge in [0.2, 0.25) is 5.89 Å². The van der Waals surface area contributed by atoms with Gasteiger partial charge in [-0.15, -0.1) is 5.10 Å². The molecule has 1 aliphatic rings. The minimum atomic E-state index is 0.648. The molecule has 5 heteroatoms. The summed E-state index contributed by atoms with van der Waals surface area (Å²) in [5, 5.41) is 8.41. The second kappa shape index (κ2) is 7.07. The molecule has 0 bridgehead atoms. The van der Waals surface area contributed by atoms with E-state index in [4.69, 9.17) is 4.42 Å². The lowest BCUT2D eigenvalue weighted by atomic mass is 10.1. The topological polar surface area (TPSA) is 45.4 Å². The smallest absolute Gasteiger partial charge is 0.318 e. The number of anilines is 1. The molecule has 114 valence electrons. The van der Waals surface area contributed by atoms with Gasteiger partial charge in [0.1, 0.15) is 0 Å². The van der Waals surface area contributed by atoms with Crippen LogP contribution in [0.1, 0.15) is 46.4 Å². The Morgan fingerprint density at radius 3 is 2.20 bits per heavy atom. The number of nitrogens with zero attached hydrogens (tertiary/aromatic N) is 4. The summed E-state index contributed by atoms with van der Waals surface area (Å²) in [4.78, 5) is 4.60. The summed E-state index contributed by atoms with van der Waals surface area (Å²) >= 11 is 0. The van der Waals surface area contributed by atoms with Gasteiger partial charge in [0.25, 0.3) is 0 Å². The van der Waals surface area contributed by atoms with Crippen LogP contribution in [0.5, 0.6) is 0 Å². The van der Waals surface area contributed by atoms with Crippen LogP contribution in [0.25, 0.3) is 0 Å². The Morgan fingerprint density at radius 1 is 1.05 bits per heavy atom. The summed E-state index contributed by atoms with van der Waals surface area (Å²) in [6, 6.07) is 0.701. The van der Waals surface area contributed by atoms with Gasteiger partial charge in [-0.25, -0.2) is 0 Å². The normalized spacial score (nSPS) is 16.1. The highest BCUT2D eigenvalue weighted by Crippen LogP contribution is 2.19. The molecule has 2 rings (SSSR count). The molecule has 1 saturated heterocycles. The third-order valence-electron chi connectivity index (χ3n) is 3.44. The van der Waals surface area contributed by atoms with Crippen molar-refractivity contribution < 1.29 is 4.42 Å². The van der Waals surface area contributed by atoms with E-state index in [0.29, 0.717) is 17.9 Å². The second-order valence-electron chi connectivity index (χ2n) is 6.65. The van der Waals surface area contributed by atoms with E-state index in [-0.39, 0.29) is 0 Å². The van der Waals surface area contributed by atoms with Crippen LogP contribution in [0.3, 0.4) is 0 Å². The molecule has 0 aliphatic carbocycles. The van der Waals surface area contributed by atoms with Crippen LogP contribution in [0.2, 0.25) is 0 Å². The van der Waals surface area contributed by atoms with Gasteiger partial charge in [-0.2, -0.15) is 0 Å². The van der Waals surface area contributed by atoms with Gasteiger partial charge in [-0.1, -0.05) is 32.8 Å². The first-order chi connectivity index (χ1) is 9.54. The Labute approximate surface area is 122 Å². The quantitative estimate of drug-likeness (QED) is 0.768. The predicted octanol–water partition coefficient (Wildman–Crippen LogP) is 2.78. The lowest BCUT2D eigenvalue weighted by molar-refractivity contribution is 0.193. The minimum Gasteiger partial charge on any atom is -0.407 e. The molecule has 0 spiro atoms. The first-order valence-corrected chi connectivity index (χ1v) is 7.84. The maximum Gasteiger partial charge on any atom is 0.318 e. The van der Waals surface area contributed by atoms with Crippen molar-refractivity contribution in [1.29, 1.82) is 0 Å². The first-order valence-electron chi connectivity index (χ1n) is 7.84. The van der Waals surface area contributed by atoms with Crippen molar-refractivity contribution in [2.45, 2.75) is 47.1 Å². The van der Waals surface area contributed by atoms with E-state index in [1.165, 1.54) is 12.8 Å². The lowest BCUT2D eigenvalue weighted by Crippen LogP contribution is -2.31. The van der Waals surface area contributed by atoms with Gasteiger partial charge < -0.3 is 9.32 Å². The van der Waals surface area contributed by atoms with Crippen molar-refractivity contribution in [2.75, 3.05) is 31.1 Å². The lowest BCUT2D eigenvalue weighted by Gasteiger charge is -2.24. The van der Waals surface area contributed by atoms with E-state index >= 15 is 0 Å². The SMILES string of the molecule is CC(C)CN(Cc1nnc(N2CCCC2)o1)CC(C)C.